The zero-order valence-corrected chi connectivity index (χ0v) is 75.7. The summed E-state index contributed by atoms with van der Waals surface area (Å²) in [6, 6.07) is 64.4. The Morgan fingerprint density at radius 2 is 0.509 bits per heavy atom. The molecule has 0 aliphatic carbocycles. The van der Waals surface area contributed by atoms with E-state index in [0.717, 1.165) is 48.8 Å². The molecule has 0 bridgehead atoms. The molecule has 10 atom stereocenters. The van der Waals surface area contributed by atoms with Gasteiger partial charge in [0.15, 0.2) is 0 Å². The van der Waals surface area contributed by atoms with Crippen LogP contribution in [0.2, 0.25) is 0 Å². The van der Waals surface area contributed by atoms with Gasteiger partial charge in [-0.1, -0.05) is 283 Å². The van der Waals surface area contributed by atoms with E-state index in [2.05, 4.69) is 322 Å². The van der Waals surface area contributed by atoms with E-state index in [1.165, 1.54) is 82.2 Å². The maximum absolute atomic E-state index is 11.0. The molecule has 15 heteroatoms. The predicted molar refractivity (Wildman–Crippen MR) is 496 cm³/mol. The third kappa shape index (κ3) is 26.1. The Bertz CT molecular complexity index is 4530. The summed E-state index contributed by atoms with van der Waals surface area (Å²) in [7, 11) is 2.23. The summed E-state index contributed by atoms with van der Waals surface area (Å²) >= 11 is 22.8. The molecule has 0 heterocycles. The van der Waals surface area contributed by atoms with Gasteiger partial charge in [0, 0.05) is 63.9 Å². The third-order valence-corrected chi connectivity index (χ3v) is 26.3. The normalized spacial score (nSPS) is 13.6. The zero-order chi connectivity index (χ0) is 79.1. The lowest BCUT2D eigenvalue weighted by Gasteiger charge is -2.28. The molecule has 10 rings (SSSR count). The van der Waals surface area contributed by atoms with Gasteiger partial charge < -0.3 is 25.5 Å². The van der Waals surface area contributed by atoms with Crippen LogP contribution >= 0.6 is 106 Å². The molecule has 0 fully saturated rings. The molecule has 0 radical (unpaired) electrons. The minimum Gasteiger partial charge on any atom is -0.507 e. The van der Waals surface area contributed by atoms with Gasteiger partial charge in [-0.05, 0) is 215 Å². The maximum Gasteiger partial charge on any atom is 0.127 e. The molecule has 566 valence electrons. The van der Waals surface area contributed by atoms with Crippen LogP contribution in [0, 0.1) is 34.6 Å². The van der Waals surface area contributed by atoms with E-state index in [-0.39, 0.29) is 47.9 Å². The number of aromatic hydroxyl groups is 5. The standard InChI is InChI=1S/C22H31OPS.2C19H25OPS.C16H19OPS.C15H17OPS/c1-14(25)16-10-8-9-11-18(16)24-19-13-15(21(2,3)4)12-17(20(19)23)22(5,6)7;1-12-10-14(19(3,4)5)11-17(18(12)20)21-16-9-7-6-8-15(16)13(2)22;1-12-10-15(19(3,4)5)18(20)17(11-12)21-16-9-7-6-8-14(16)13(2)22;1-10-8-11(2)16(17)15(9-10)18-14-7-5-4-6-13(14)12(3)19;1-10-7-8-13(16)15(9-10)17-14-6-4-3-5-12(14)11(2)18/h8-14,23-25H,1-7H3;2*6-11,13,20-22H,1-5H3;4-9,12,17-19H,1-3H3;3-9,11,16-18H,1-2H3. The number of phenols is 5. The summed E-state index contributed by atoms with van der Waals surface area (Å²) in [5, 5.41) is 64.6. The quantitative estimate of drug-likeness (QED) is 0.0372. The van der Waals surface area contributed by atoms with Crippen LogP contribution in [-0.4, -0.2) is 25.5 Å². The third-order valence-electron chi connectivity index (χ3n) is 18.0. The van der Waals surface area contributed by atoms with Crippen molar-refractivity contribution < 1.29 is 25.5 Å². The minimum absolute atomic E-state index is 0.0449. The van der Waals surface area contributed by atoms with Gasteiger partial charge in [0.05, 0.1) is 0 Å². The average Bonchev–Trinajstić information content (AvgIpc) is 0.790. The van der Waals surface area contributed by atoms with Crippen molar-refractivity contribution >= 4 is 159 Å². The molecule has 10 aromatic carbocycles. The second-order valence-corrected chi connectivity index (χ2v) is 42.3. The number of hydrogen-bond acceptors (Lipinski definition) is 10. The van der Waals surface area contributed by atoms with Gasteiger partial charge in [0.25, 0.3) is 0 Å². The van der Waals surface area contributed by atoms with Gasteiger partial charge in [-0.2, -0.15) is 63.1 Å². The Kier molecular flexibility index (Phi) is 33.8. The number of phenolic OH excluding ortho intramolecular Hbond substituents is 5. The monoisotopic (exact) mass is 1600 g/mol. The van der Waals surface area contributed by atoms with Crippen LogP contribution in [0.1, 0.15) is 222 Å². The van der Waals surface area contributed by atoms with Gasteiger partial charge in [-0.15, -0.1) is 0 Å². The van der Waals surface area contributed by atoms with E-state index in [0.29, 0.717) is 71.7 Å². The number of rotatable bonds is 15. The summed E-state index contributed by atoms with van der Waals surface area (Å²) in [5.74, 6) is 2.11. The molecular weight excluding hydrogens is 1490 g/mol. The molecule has 10 aromatic rings. The first-order chi connectivity index (χ1) is 49.4. The Hall–Kier alpha value is -4.90. The van der Waals surface area contributed by atoms with Crippen LogP contribution < -0.4 is 53.0 Å². The second kappa shape index (κ2) is 39.8. The maximum atomic E-state index is 11.0. The SMILES string of the molecule is CC(S)c1ccccc1Pc1cc(C(C)(C)C)cc(C(C)(C)C)c1O.Cc1cc(C(C)(C)C)cc(Pc2ccccc2C(C)S)c1O.Cc1cc(C)c(O)c(Pc2ccccc2C(C)S)c1.Cc1cc(Pc2ccccc2C(C)S)c(O)c(C(C)(C)C)c1.Cc1ccc(O)c(Pc2ccccc2C(C)S)c1. The molecule has 0 saturated carbocycles. The minimum atomic E-state index is -0.0963. The lowest BCUT2D eigenvalue weighted by molar-refractivity contribution is 0.448. The highest BCUT2D eigenvalue weighted by atomic mass is 32.1. The number of benzene rings is 10. The van der Waals surface area contributed by atoms with Crippen molar-refractivity contribution in [3.8, 4) is 28.7 Å². The van der Waals surface area contributed by atoms with Gasteiger partial charge in [-0.3, -0.25) is 0 Å². The van der Waals surface area contributed by atoms with E-state index in [1.54, 1.807) is 6.07 Å². The van der Waals surface area contributed by atoms with Gasteiger partial charge in [0.2, 0.25) is 0 Å². The highest BCUT2D eigenvalue weighted by molar-refractivity contribution is 7.81. The second-order valence-electron chi connectivity index (χ2n) is 31.8. The van der Waals surface area contributed by atoms with Crippen LogP contribution in [0.5, 0.6) is 28.7 Å². The fraction of sp³-hybridized carbons (Fsp3) is 0.341. The van der Waals surface area contributed by atoms with Gasteiger partial charge in [-0.25, -0.2) is 0 Å². The van der Waals surface area contributed by atoms with Crippen LogP contribution in [-0.2, 0) is 21.7 Å². The highest BCUT2D eigenvalue weighted by Gasteiger charge is 2.27. The largest absolute Gasteiger partial charge is 0.507 e. The molecule has 0 aliphatic rings. The molecule has 0 aliphatic heterocycles. The van der Waals surface area contributed by atoms with Crippen molar-refractivity contribution in [1.29, 1.82) is 0 Å². The lowest BCUT2D eigenvalue weighted by atomic mass is 9.80. The lowest BCUT2D eigenvalue weighted by Crippen LogP contribution is -2.21. The van der Waals surface area contributed by atoms with E-state index >= 15 is 0 Å². The summed E-state index contributed by atoms with van der Waals surface area (Å²) in [6.45, 7) is 46.7. The fourth-order valence-electron chi connectivity index (χ4n) is 11.9. The van der Waals surface area contributed by atoms with Gasteiger partial charge >= 0.3 is 0 Å². The molecule has 0 spiro atoms. The molecule has 10 unspecified atom stereocenters. The zero-order valence-electron chi connectivity index (χ0n) is 66.3. The van der Waals surface area contributed by atoms with Crippen molar-refractivity contribution in [1.82, 2.24) is 0 Å². The highest BCUT2D eigenvalue weighted by Crippen LogP contribution is 2.40. The topological polar surface area (TPSA) is 101 Å². The summed E-state index contributed by atoms with van der Waals surface area (Å²) in [5.41, 5.74) is 16.2. The van der Waals surface area contributed by atoms with Crippen LogP contribution in [0.4, 0.5) is 0 Å². The van der Waals surface area contributed by atoms with Crippen molar-refractivity contribution in [3.05, 3.63) is 266 Å². The predicted octanol–water partition coefficient (Wildman–Crippen LogP) is 21.8. The Labute approximate surface area is 674 Å². The van der Waals surface area contributed by atoms with E-state index in [4.69, 9.17) is 0 Å². The first-order valence-corrected chi connectivity index (χ1v) is 43.8. The van der Waals surface area contributed by atoms with Crippen molar-refractivity contribution in [3.63, 3.8) is 0 Å². The summed E-state index contributed by atoms with van der Waals surface area (Å²) in [4.78, 5) is 0. The summed E-state index contributed by atoms with van der Waals surface area (Å²) < 4.78 is 0. The van der Waals surface area contributed by atoms with Crippen LogP contribution in [0.15, 0.2) is 188 Å². The first-order valence-electron chi connectivity index (χ1n) is 36.2. The van der Waals surface area contributed by atoms with Gasteiger partial charge in [0.1, 0.15) is 28.7 Å². The van der Waals surface area contributed by atoms with Crippen LogP contribution in [0.25, 0.3) is 0 Å². The number of thiol groups is 5. The van der Waals surface area contributed by atoms with Crippen molar-refractivity contribution in [2.45, 2.75) is 200 Å². The van der Waals surface area contributed by atoms with Crippen LogP contribution in [0.3, 0.4) is 0 Å². The Morgan fingerprint density at radius 3 is 0.830 bits per heavy atom. The Balaban J connectivity index is 0.000000208. The first kappa shape index (κ1) is 90.0. The molecule has 0 amide bonds. The molecule has 0 saturated heterocycles. The van der Waals surface area contributed by atoms with E-state index in [1.807, 2.05) is 75.4 Å². The molecular formula is C91H117O5P5S5. The smallest absolute Gasteiger partial charge is 0.127 e. The Morgan fingerprint density at radius 1 is 0.255 bits per heavy atom. The van der Waals surface area contributed by atoms with E-state index in [9.17, 15) is 25.5 Å². The average molecular weight is 1610 g/mol. The summed E-state index contributed by atoms with van der Waals surface area (Å²) in [6.07, 6.45) is 0. The van der Waals surface area contributed by atoms with E-state index < -0.39 is 0 Å². The molecule has 106 heavy (non-hydrogen) atoms. The number of hydrogen-bond donors (Lipinski definition) is 10. The molecule has 5 N–H and O–H groups in total. The molecule has 0 aromatic heterocycles. The number of aryl methyl sites for hydroxylation is 5. The fourth-order valence-corrected chi connectivity index (χ4v) is 20.9. The van der Waals surface area contributed by atoms with Crippen molar-refractivity contribution in [2.75, 3.05) is 0 Å². The molecule has 5 nitrogen and oxygen atoms in total. The van der Waals surface area contributed by atoms with Crippen molar-refractivity contribution in [2.24, 2.45) is 0 Å².